The van der Waals surface area contributed by atoms with Crippen molar-refractivity contribution in [2.75, 3.05) is 17.7 Å². The van der Waals surface area contributed by atoms with Gasteiger partial charge >= 0.3 is 0 Å². The number of nitrogens with one attached hydrogen (secondary N) is 1. The molecule has 2 aromatic heterocycles. The van der Waals surface area contributed by atoms with E-state index in [0.29, 0.717) is 29.9 Å². The lowest BCUT2D eigenvalue weighted by Gasteiger charge is -2.44. The van der Waals surface area contributed by atoms with E-state index in [1.165, 1.54) is 11.3 Å². The molecule has 1 fully saturated rings. The molecule has 10 heteroatoms. The van der Waals surface area contributed by atoms with E-state index in [1.54, 1.807) is 17.8 Å². The van der Waals surface area contributed by atoms with Crippen molar-refractivity contribution >= 4 is 40.0 Å². The van der Waals surface area contributed by atoms with E-state index in [2.05, 4.69) is 22.4 Å². The number of hydrogen-bond donors (Lipinski definition) is 2. The maximum atomic E-state index is 12.3. The van der Waals surface area contributed by atoms with Gasteiger partial charge in [0.2, 0.25) is 5.76 Å². The fourth-order valence-corrected chi connectivity index (χ4v) is 5.35. The summed E-state index contributed by atoms with van der Waals surface area (Å²) in [7, 11) is 0. The molecule has 0 aliphatic carbocycles. The number of thioether (sulfide) groups is 1. The van der Waals surface area contributed by atoms with Crippen LogP contribution in [0.25, 0.3) is 0 Å². The average molecular weight is 408 g/mol. The molecule has 0 spiro atoms. The lowest BCUT2D eigenvalue weighted by atomic mass is 9.80. The lowest BCUT2D eigenvalue weighted by Crippen LogP contribution is -2.49. The Hall–Kier alpha value is -1.91. The molecule has 1 unspecified atom stereocenters. The molecule has 144 valence electrons. The van der Waals surface area contributed by atoms with Gasteiger partial charge in [-0.15, -0.1) is 11.3 Å². The number of hydrogen-bond acceptors (Lipinski definition) is 9. The minimum Gasteiger partial charge on any atom is -0.379 e. The number of carbonyl (C=O) groups excluding carboxylic acids is 1. The van der Waals surface area contributed by atoms with Gasteiger partial charge in [0.25, 0.3) is 5.91 Å². The molecule has 3 atom stereocenters. The van der Waals surface area contributed by atoms with E-state index in [4.69, 9.17) is 20.0 Å². The van der Waals surface area contributed by atoms with Gasteiger partial charge in [-0.1, -0.05) is 23.8 Å². The summed E-state index contributed by atoms with van der Waals surface area (Å²) in [6.45, 7) is 4.47. The molecule has 3 N–H and O–H groups in total. The van der Waals surface area contributed by atoms with Crippen molar-refractivity contribution in [3.63, 3.8) is 0 Å². The van der Waals surface area contributed by atoms with Crippen molar-refractivity contribution in [3.05, 3.63) is 27.9 Å². The van der Waals surface area contributed by atoms with Gasteiger partial charge in [0, 0.05) is 23.1 Å². The topological polar surface area (TPSA) is 116 Å². The Labute approximate surface area is 164 Å². The van der Waals surface area contributed by atoms with Crippen LogP contribution in [-0.2, 0) is 16.7 Å². The number of nitrogens with zero attached hydrogens (tertiary/aromatic N) is 3. The second-order valence-corrected chi connectivity index (χ2v) is 8.67. The van der Waals surface area contributed by atoms with E-state index < -0.39 is 5.54 Å². The third-order valence-corrected chi connectivity index (χ3v) is 6.85. The smallest absolute Gasteiger partial charge is 0.295 e. The van der Waals surface area contributed by atoms with Crippen LogP contribution in [0.5, 0.6) is 0 Å². The summed E-state index contributed by atoms with van der Waals surface area (Å²) in [5.74, 6) is 1.46. The summed E-state index contributed by atoms with van der Waals surface area (Å²) in [4.78, 5) is 21.7. The Morgan fingerprint density at radius 2 is 2.37 bits per heavy atom. The van der Waals surface area contributed by atoms with E-state index in [-0.39, 0.29) is 17.8 Å². The molecular weight excluding hydrogens is 386 g/mol. The zero-order valence-electron chi connectivity index (χ0n) is 15.1. The molecule has 8 nitrogen and oxygen atoms in total. The van der Waals surface area contributed by atoms with Gasteiger partial charge < -0.3 is 20.3 Å². The Bertz CT molecular complexity index is 880. The zero-order chi connectivity index (χ0) is 19.0. The minimum atomic E-state index is -0.572. The molecule has 1 saturated heterocycles. The standard InChI is InChI=1S/C17H21N5O3S2/c1-3-11-5-12(25-22-11)14(23)19-13-7-26-15(20-13)17-8-24-9(2)4-10(17)6-27-16(18)21-17/h5,7,9-10H,3-4,6,8H2,1-2H3,(H2,18,21)(H,19,23)/t9-,10-,17?/m0/s1. The number of amidine groups is 1. The number of rotatable bonds is 4. The van der Waals surface area contributed by atoms with Crippen molar-refractivity contribution in [1.82, 2.24) is 10.1 Å². The van der Waals surface area contributed by atoms with Crippen molar-refractivity contribution in [3.8, 4) is 0 Å². The van der Waals surface area contributed by atoms with Gasteiger partial charge in [0.05, 0.1) is 18.4 Å². The average Bonchev–Trinajstić information content (AvgIpc) is 3.31. The molecule has 4 rings (SSSR count). The molecule has 2 aliphatic rings. The van der Waals surface area contributed by atoms with Crippen molar-refractivity contribution < 1.29 is 14.1 Å². The number of anilines is 1. The van der Waals surface area contributed by atoms with Gasteiger partial charge in [-0.05, 0) is 19.8 Å². The minimum absolute atomic E-state index is 0.170. The third kappa shape index (κ3) is 3.48. The summed E-state index contributed by atoms with van der Waals surface area (Å²) in [6, 6.07) is 1.64. The Morgan fingerprint density at radius 3 is 3.15 bits per heavy atom. The highest BCUT2D eigenvalue weighted by molar-refractivity contribution is 8.13. The van der Waals surface area contributed by atoms with Crippen molar-refractivity contribution in [1.29, 1.82) is 0 Å². The van der Waals surface area contributed by atoms with E-state index in [0.717, 1.165) is 22.9 Å². The van der Waals surface area contributed by atoms with Crippen molar-refractivity contribution in [2.45, 2.75) is 38.3 Å². The van der Waals surface area contributed by atoms with Crippen LogP contribution in [-0.4, -0.2) is 39.7 Å². The van der Waals surface area contributed by atoms with Crippen LogP contribution in [0.1, 0.15) is 41.5 Å². The molecule has 0 aromatic carbocycles. The molecular formula is C17H21N5O3S2. The van der Waals surface area contributed by atoms with Crippen molar-refractivity contribution in [2.24, 2.45) is 16.6 Å². The Balaban J connectivity index is 1.57. The van der Waals surface area contributed by atoms with Gasteiger partial charge in [0.1, 0.15) is 16.4 Å². The summed E-state index contributed by atoms with van der Waals surface area (Å²) >= 11 is 3.04. The number of fused-ring (bicyclic) bond motifs is 1. The predicted molar refractivity (Wildman–Crippen MR) is 105 cm³/mol. The highest BCUT2D eigenvalue weighted by Crippen LogP contribution is 2.47. The molecule has 0 radical (unpaired) electrons. The fourth-order valence-electron chi connectivity index (χ4n) is 3.37. The van der Waals surface area contributed by atoms with Crippen LogP contribution in [0, 0.1) is 5.92 Å². The van der Waals surface area contributed by atoms with Crippen LogP contribution in [0.2, 0.25) is 0 Å². The zero-order valence-corrected chi connectivity index (χ0v) is 16.7. The number of amides is 1. The number of nitrogens with two attached hydrogens (primary N) is 1. The monoisotopic (exact) mass is 407 g/mol. The Morgan fingerprint density at radius 1 is 1.52 bits per heavy atom. The van der Waals surface area contributed by atoms with Gasteiger partial charge in [-0.25, -0.2) is 9.98 Å². The number of thiazole rings is 1. The van der Waals surface area contributed by atoms with Crippen LogP contribution < -0.4 is 11.1 Å². The number of ether oxygens (including phenoxy) is 1. The second kappa shape index (κ2) is 7.25. The summed E-state index contributed by atoms with van der Waals surface area (Å²) in [5.41, 5.74) is 6.19. The number of carbonyl (C=O) groups is 1. The third-order valence-electron chi connectivity index (χ3n) is 4.88. The predicted octanol–water partition coefficient (Wildman–Crippen LogP) is 2.63. The second-order valence-electron chi connectivity index (χ2n) is 6.77. The molecule has 27 heavy (non-hydrogen) atoms. The molecule has 0 saturated carbocycles. The lowest BCUT2D eigenvalue weighted by molar-refractivity contribution is -0.0466. The molecule has 4 heterocycles. The molecule has 0 bridgehead atoms. The van der Waals surface area contributed by atoms with Crippen LogP contribution in [0.4, 0.5) is 5.82 Å². The number of aliphatic imine (C=N–C) groups is 1. The first-order valence-corrected chi connectivity index (χ1v) is 10.7. The van der Waals surface area contributed by atoms with Gasteiger partial charge in [-0.2, -0.15) is 0 Å². The van der Waals surface area contributed by atoms with Gasteiger partial charge in [0.15, 0.2) is 5.17 Å². The maximum Gasteiger partial charge on any atom is 0.295 e. The first-order chi connectivity index (χ1) is 13.0. The highest BCUT2D eigenvalue weighted by atomic mass is 32.2. The number of aryl methyl sites for hydroxylation is 1. The quantitative estimate of drug-likeness (QED) is 0.800. The first-order valence-electron chi connectivity index (χ1n) is 8.83. The largest absolute Gasteiger partial charge is 0.379 e. The van der Waals surface area contributed by atoms with Gasteiger partial charge in [-0.3, -0.25) is 4.79 Å². The van der Waals surface area contributed by atoms with E-state index in [1.807, 2.05) is 12.3 Å². The van der Waals surface area contributed by atoms with E-state index in [9.17, 15) is 4.79 Å². The summed E-state index contributed by atoms with van der Waals surface area (Å²) < 4.78 is 11.0. The summed E-state index contributed by atoms with van der Waals surface area (Å²) in [5, 5.41) is 9.78. The van der Waals surface area contributed by atoms with Crippen LogP contribution >= 0.6 is 23.1 Å². The number of aromatic nitrogens is 2. The van der Waals surface area contributed by atoms with E-state index >= 15 is 0 Å². The molecule has 2 aliphatic heterocycles. The highest BCUT2D eigenvalue weighted by Gasteiger charge is 2.49. The maximum absolute atomic E-state index is 12.3. The van der Waals surface area contributed by atoms with Crippen LogP contribution in [0.15, 0.2) is 21.0 Å². The fraction of sp³-hybridized carbons (Fsp3) is 0.529. The first kappa shape index (κ1) is 18.5. The normalized spacial score (nSPS) is 27.7. The molecule has 1 amide bonds. The van der Waals surface area contributed by atoms with Crippen LogP contribution in [0.3, 0.4) is 0 Å². The SMILES string of the molecule is CCc1cc(C(=O)Nc2csc(C34CO[C@@H](C)C[C@H]3CSC(N)=N4)n2)on1. The molecule has 2 aromatic rings. The Kier molecular flexibility index (Phi) is 4.95. The summed E-state index contributed by atoms with van der Waals surface area (Å²) in [6.07, 6.45) is 1.80.